The second-order valence-electron chi connectivity index (χ2n) is 5.61. The van der Waals surface area contributed by atoms with Crippen LogP contribution in [0.15, 0.2) is 36.9 Å². The van der Waals surface area contributed by atoms with E-state index in [0.717, 1.165) is 11.1 Å². The van der Waals surface area contributed by atoms with E-state index in [9.17, 15) is 4.79 Å². The molecule has 120 valence electrons. The van der Waals surface area contributed by atoms with Crippen molar-refractivity contribution < 1.29 is 19.4 Å². The first kappa shape index (κ1) is 16.9. The normalized spacial score (nSPS) is 17.4. The van der Waals surface area contributed by atoms with E-state index in [-0.39, 0.29) is 19.0 Å². The van der Waals surface area contributed by atoms with E-state index < -0.39 is 5.60 Å². The van der Waals surface area contributed by atoms with Crippen molar-refractivity contribution in [1.29, 1.82) is 0 Å². The van der Waals surface area contributed by atoms with E-state index in [1.165, 1.54) is 0 Å². The van der Waals surface area contributed by atoms with Crippen LogP contribution < -0.4 is 0 Å². The highest BCUT2D eigenvalue weighted by molar-refractivity contribution is 5.79. The van der Waals surface area contributed by atoms with Crippen molar-refractivity contribution in [3.05, 3.63) is 48.0 Å². The van der Waals surface area contributed by atoms with Crippen LogP contribution in [0.1, 0.15) is 36.8 Å². The van der Waals surface area contributed by atoms with Crippen LogP contribution >= 0.6 is 0 Å². The molecule has 0 atom stereocenters. The number of benzene rings is 1. The molecule has 1 aliphatic carbocycles. The Bertz CT molecular complexity index is 500. The molecular weight excluding hydrogens is 280 g/mol. The lowest BCUT2D eigenvalue weighted by atomic mass is 9.78. The molecule has 1 fully saturated rings. The molecule has 1 N–H and O–H groups in total. The topological polar surface area (TPSA) is 55.8 Å². The van der Waals surface area contributed by atoms with E-state index >= 15 is 0 Å². The molecular formula is C18H24O4. The molecule has 0 saturated heterocycles. The molecule has 0 bridgehead atoms. The number of rotatable bonds is 8. The Hall–Kier alpha value is -1.49. The second kappa shape index (κ2) is 8.22. The van der Waals surface area contributed by atoms with Crippen LogP contribution in [0.5, 0.6) is 0 Å². The van der Waals surface area contributed by atoms with Crippen LogP contribution in [0.3, 0.4) is 0 Å². The Balaban J connectivity index is 2.17. The highest BCUT2D eigenvalue weighted by Crippen LogP contribution is 2.39. The summed E-state index contributed by atoms with van der Waals surface area (Å²) in [6.07, 6.45) is 4.12. The minimum atomic E-state index is -0.467. The van der Waals surface area contributed by atoms with Crippen LogP contribution in [0.4, 0.5) is 0 Å². The summed E-state index contributed by atoms with van der Waals surface area (Å²) < 4.78 is 11.5. The lowest BCUT2D eigenvalue weighted by Crippen LogP contribution is -2.35. The summed E-state index contributed by atoms with van der Waals surface area (Å²) in [5, 5.41) is 9.09. The van der Waals surface area contributed by atoms with Gasteiger partial charge in [-0.2, -0.15) is 0 Å². The molecule has 4 nitrogen and oxygen atoms in total. The summed E-state index contributed by atoms with van der Waals surface area (Å²) in [4.78, 5) is 11.6. The molecule has 0 aliphatic heterocycles. The van der Waals surface area contributed by atoms with Gasteiger partial charge in [0.2, 0.25) is 0 Å². The van der Waals surface area contributed by atoms with Gasteiger partial charge in [0.25, 0.3) is 0 Å². The number of aliphatic hydroxyl groups is 1. The van der Waals surface area contributed by atoms with Crippen LogP contribution in [0.2, 0.25) is 0 Å². The average molecular weight is 304 g/mol. The first-order valence-corrected chi connectivity index (χ1v) is 7.75. The smallest absolute Gasteiger partial charge is 0.133 e. The SMILES string of the molecule is C=CCOCc1cccc(C2(OCCO)CCC(=O)CC2)c1. The molecule has 4 heteroatoms. The van der Waals surface area contributed by atoms with E-state index in [0.29, 0.717) is 38.9 Å². The zero-order chi connectivity index (χ0) is 15.8. The maximum Gasteiger partial charge on any atom is 0.133 e. The summed E-state index contributed by atoms with van der Waals surface area (Å²) in [7, 11) is 0. The van der Waals surface area contributed by atoms with Gasteiger partial charge in [0.05, 0.1) is 32.0 Å². The zero-order valence-corrected chi connectivity index (χ0v) is 12.9. The van der Waals surface area contributed by atoms with Crippen molar-refractivity contribution in [1.82, 2.24) is 0 Å². The predicted molar refractivity (Wildman–Crippen MR) is 84.5 cm³/mol. The van der Waals surface area contributed by atoms with Gasteiger partial charge >= 0.3 is 0 Å². The average Bonchev–Trinajstić information content (AvgIpc) is 2.55. The molecule has 0 unspecified atom stereocenters. The summed E-state index contributed by atoms with van der Waals surface area (Å²) >= 11 is 0. The third-order valence-electron chi connectivity index (χ3n) is 4.04. The number of aliphatic hydroxyl groups excluding tert-OH is 1. The van der Waals surface area contributed by atoms with Gasteiger partial charge in [-0.3, -0.25) is 4.79 Å². The summed E-state index contributed by atoms with van der Waals surface area (Å²) in [5.74, 6) is 0.286. The predicted octanol–water partition coefficient (Wildman–Crippen LogP) is 2.74. The summed E-state index contributed by atoms with van der Waals surface area (Å²) in [6.45, 7) is 4.94. The maximum absolute atomic E-state index is 11.6. The molecule has 0 spiro atoms. The number of Topliss-reactive ketones (excluding diaryl/α,β-unsaturated/α-hetero) is 1. The largest absolute Gasteiger partial charge is 0.394 e. The number of carbonyl (C=O) groups is 1. The quantitative estimate of drug-likeness (QED) is 0.592. The molecule has 1 aliphatic rings. The Morgan fingerprint density at radius 1 is 1.32 bits per heavy atom. The van der Waals surface area contributed by atoms with Crippen molar-refractivity contribution in [2.75, 3.05) is 19.8 Å². The minimum Gasteiger partial charge on any atom is -0.394 e. The van der Waals surface area contributed by atoms with Gasteiger partial charge in [0.15, 0.2) is 0 Å². The van der Waals surface area contributed by atoms with Crippen molar-refractivity contribution in [3.8, 4) is 0 Å². The van der Waals surface area contributed by atoms with Crippen LogP contribution in [-0.4, -0.2) is 30.7 Å². The standard InChI is InChI=1S/C18H24O4/c1-2-11-21-14-15-4-3-5-16(13-15)18(22-12-10-19)8-6-17(20)7-9-18/h2-5,13,19H,1,6-12,14H2. The number of ether oxygens (including phenoxy) is 2. The molecule has 0 amide bonds. The van der Waals surface area contributed by atoms with Gasteiger partial charge in [-0.25, -0.2) is 0 Å². The lowest BCUT2D eigenvalue weighted by Gasteiger charge is -2.37. The van der Waals surface area contributed by atoms with Gasteiger partial charge < -0.3 is 14.6 Å². The van der Waals surface area contributed by atoms with Crippen molar-refractivity contribution in [3.63, 3.8) is 0 Å². The highest BCUT2D eigenvalue weighted by atomic mass is 16.5. The maximum atomic E-state index is 11.6. The van der Waals surface area contributed by atoms with Gasteiger partial charge in [0.1, 0.15) is 5.78 Å². The van der Waals surface area contributed by atoms with Crippen molar-refractivity contribution in [2.45, 2.75) is 37.9 Å². The molecule has 1 saturated carbocycles. The van der Waals surface area contributed by atoms with E-state index in [4.69, 9.17) is 14.6 Å². The molecule has 0 radical (unpaired) electrons. The third kappa shape index (κ3) is 4.26. The first-order chi connectivity index (χ1) is 10.7. The lowest BCUT2D eigenvalue weighted by molar-refractivity contribution is -0.132. The van der Waals surface area contributed by atoms with E-state index in [1.54, 1.807) is 6.08 Å². The molecule has 0 heterocycles. The van der Waals surface area contributed by atoms with Crippen LogP contribution in [0, 0.1) is 0 Å². The second-order valence-corrected chi connectivity index (χ2v) is 5.61. The van der Waals surface area contributed by atoms with Gasteiger partial charge in [-0.1, -0.05) is 30.3 Å². The fourth-order valence-electron chi connectivity index (χ4n) is 2.89. The van der Waals surface area contributed by atoms with Crippen LogP contribution in [-0.2, 0) is 26.5 Å². The third-order valence-corrected chi connectivity index (χ3v) is 4.04. The summed E-state index contributed by atoms with van der Waals surface area (Å²) in [5.41, 5.74) is 1.67. The zero-order valence-electron chi connectivity index (χ0n) is 12.9. The monoisotopic (exact) mass is 304 g/mol. The van der Waals surface area contributed by atoms with Crippen molar-refractivity contribution in [2.24, 2.45) is 0 Å². The van der Waals surface area contributed by atoms with Gasteiger partial charge in [-0.05, 0) is 24.0 Å². The number of hydrogen-bond donors (Lipinski definition) is 1. The number of carbonyl (C=O) groups excluding carboxylic acids is 1. The minimum absolute atomic E-state index is 0.0160. The Kier molecular flexibility index (Phi) is 6.31. The Morgan fingerprint density at radius 2 is 2.09 bits per heavy atom. The molecule has 1 aromatic rings. The fourth-order valence-corrected chi connectivity index (χ4v) is 2.89. The van der Waals surface area contributed by atoms with Crippen molar-refractivity contribution >= 4 is 5.78 Å². The first-order valence-electron chi connectivity index (χ1n) is 7.75. The van der Waals surface area contributed by atoms with E-state index in [1.807, 2.05) is 18.2 Å². The highest BCUT2D eigenvalue weighted by Gasteiger charge is 2.37. The van der Waals surface area contributed by atoms with Crippen LogP contribution in [0.25, 0.3) is 0 Å². The Labute approximate surface area is 131 Å². The molecule has 0 aromatic heterocycles. The molecule has 1 aromatic carbocycles. The molecule has 2 rings (SSSR count). The van der Waals surface area contributed by atoms with Gasteiger partial charge in [-0.15, -0.1) is 6.58 Å². The van der Waals surface area contributed by atoms with Gasteiger partial charge in [0, 0.05) is 12.8 Å². The fraction of sp³-hybridized carbons (Fsp3) is 0.500. The van der Waals surface area contributed by atoms with E-state index in [2.05, 4.69) is 12.6 Å². The number of ketones is 1. The molecule has 22 heavy (non-hydrogen) atoms. The summed E-state index contributed by atoms with van der Waals surface area (Å²) in [6, 6.07) is 8.11. The number of hydrogen-bond acceptors (Lipinski definition) is 4. The Morgan fingerprint density at radius 3 is 2.77 bits per heavy atom.